The normalized spacial score (nSPS) is 10.9. The summed E-state index contributed by atoms with van der Waals surface area (Å²) in [5.41, 5.74) is 1.36. The zero-order valence-electron chi connectivity index (χ0n) is 23.4. The van der Waals surface area contributed by atoms with E-state index in [-0.39, 0.29) is 26.1 Å². The van der Waals surface area contributed by atoms with Gasteiger partial charge in [0.25, 0.3) is 0 Å². The Hall–Kier alpha value is -2.53. The molecule has 0 spiro atoms. The molecule has 0 aliphatic rings. The third kappa shape index (κ3) is 21.0. The molecule has 0 heterocycles. The summed E-state index contributed by atoms with van der Waals surface area (Å²) in [5, 5.41) is 8.43. The van der Waals surface area contributed by atoms with E-state index in [0.717, 1.165) is 12.2 Å². The summed E-state index contributed by atoms with van der Waals surface area (Å²) in [5.74, 6) is -2.35. The van der Waals surface area contributed by atoms with Crippen molar-refractivity contribution in [3.05, 3.63) is 29.8 Å². The van der Waals surface area contributed by atoms with Gasteiger partial charge in [-0.15, -0.1) is 0 Å². The minimum absolute atomic E-state index is 0.0276. The number of aliphatic carboxylic acids is 1. The van der Waals surface area contributed by atoms with E-state index in [1.165, 1.54) is 44.1 Å². The number of benzene rings is 1. The van der Waals surface area contributed by atoms with Gasteiger partial charge in [0.1, 0.15) is 19.0 Å². The molecule has 0 aromatic heterocycles. The highest BCUT2D eigenvalue weighted by atomic mass is 16.6. The van der Waals surface area contributed by atoms with Crippen molar-refractivity contribution in [3.63, 3.8) is 0 Å². The first-order valence-electron chi connectivity index (χ1n) is 14.0. The van der Waals surface area contributed by atoms with E-state index < -0.39 is 17.7 Å². The number of hydrogen-bond donors (Lipinski definition) is 1. The number of ketones is 1. The third-order valence-electron chi connectivity index (χ3n) is 5.64. The second kappa shape index (κ2) is 24.5. The van der Waals surface area contributed by atoms with E-state index in [2.05, 4.69) is 19.1 Å². The van der Waals surface area contributed by atoms with E-state index in [9.17, 15) is 14.4 Å². The van der Waals surface area contributed by atoms with Gasteiger partial charge in [-0.05, 0) is 30.5 Å². The van der Waals surface area contributed by atoms with Crippen LogP contribution in [0, 0.1) is 0 Å². The molecule has 39 heavy (non-hydrogen) atoms. The lowest BCUT2D eigenvalue weighted by atomic mass is 10.0. The highest BCUT2D eigenvalue weighted by Gasteiger charge is 2.14. The number of esters is 1. The van der Waals surface area contributed by atoms with Gasteiger partial charge < -0.3 is 33.5 Å². The Bertz CT molecular complexity index is 766. The van der Waals surface area contributed by atoms with Crippen molar-refractivity contribution in [2.45, 2.75) is 64.7 Å². The molecule has 10 heteroatoms. The Morgan fingerprint density at radius 3 is 1.72 bits per heavy atom. The first-order chi connectivity index (χ1) is 19.0. The summed E-state index contributed by atoms with van der Waals surface area (Å²) in [7, 11) is 0. The summed E-state index contributed by atoms with van der Waals surface area (Å²) >= 11 is 0. The van der Waals surface area contributed by atoms with Crippen LogP contribution in [-0.4, -0.2) is 88.9 Å². The van der Waals surface area contributed by atoms with E-state index in [1.54, 1.807) is 0 Å². The molecular weight excluding hydrogens is 508 g/mol. The molecule has 0 aliphatic carbocycles. The van der Waals surface area contributed by atoms with Crippen molar-refractivity contribution in [1.82, 2.24) is 0 Å². The molecule has 0 bridgehead atoms. The van der Waals surface area contributed by atoms with Crippen LogP contribution in [-0.2, 0) is 44.5 Å². The number of unbranched alkanes of at least 4 members (excludes halogenated alkanes) is 5. The molecule has 1 N–H and O–H groups in total. The maximum atomic E-state index is 11.4. The number of aryl methyl sites for hydroxylation is 1. The van der Waals surface area contributed by atoms with Crippen LogP contribution in [0.5, 0.6) is 5.75 Å². The first kappa shape index (κ1) is 34.5. The molecule has 0 radical (unpaired) electrons. The van der Waals surface area contributed by atoms with Gasteiger partial charge in [0.2, 0.25) is 5.78 Å². The van der Waals surface area contributed by atoms with Gasteiger partial charge in [-0.2, -0.15) is 0 Å². The lowest BCUT2D eigenvalue weighted by Gasteiger charge is -2.09. The zero-order chi connectivity index (χ0) is 28.4. The van der Waals surface area contributed by atoms with E-state index in [1.807, 2.05) is 12.1 Å². The quantitative estimate of drug-likeness (QED) is 0.0968. The first-order valence-corrected chi connectivity index (χ1v) is 14.0. The predicted octanol–water partition coefficient (Wildman–Crippen LogP) is 4.01. The second-order valence-corrected chi connectivity index (χ2v) is 8.91. The molecule has 1 aromatic carbocycles. The van der Waals surface area contributed by atoms with Crippen LogP contribution in [0.15, 0.2) is 24.3 Å². The average Bonchev–Trinajstić information content (AvgIpc) is 2.94. The second-order valence-electron chi connectivity index (χ2n) is 8.91. The van der Waals surface area contributed by atoms with Crippen molar-refractivity contribution < 1.29 is 47.9 Å². The van der Waals surface area contributed by atoms with E-state index >= 15 is 0 Å². The van der Waals surface area contributed by atoms with Gasteiger partial charge in [0, 0.05) is 6.42 Å². The van der Waals surface area contributed by atoms with Crippen LogP contribution in [0.4, 0.5) is 0 Å². The highest BCUT2D eigenvalue weighted by Crippen LogP contribution is 2.15. The fourth-order valence-corrected chi connectivity index (χ4v) is 3.45. The van der Waals surface area contributed by atoms with Crippen molar-refractivity contribution in [3.8, 4) is 5.75 Å². The number of Topliss-reactive ketones (excluding diaryl/α,β-unsaturated/α-hetero) is 1. The molecule has 0 fully saturated rings. The predicted molar refractivity (Wildman–Crippen MR) is 145 cm³/mol. The summed E-state index contributed by atoms with van der Waals surface area (Å²) in [6.45, 7) is 5.96. The molecule has 0 aliphatic heterocycles. The lowest BCUT2D eigenvalue weighted by Crippen LogP contribution is -2.17. The molecule has 222 valence electrons. The molecule has 10 nitrogen and oxygen atoms in total. The van der Waals surface area contributed by atoms with Gasteiger partial charge in [0.05, 0.1) is 59.3 Å². The largest absolute Gasteiger partial charge is 0.491 e. The number of hydrogen-bond acceptors (Lipinski definition) is 9. The van der Waals surface area contributed by atoms with Crippen LogP contribution in [0.25, 0.3) is 0 Å². The van der Waals surface area contributed by atoms with Gasteiger partial charge in [-0.1, -0.05) is 51.2 Å². The Balaban J connectivity index is 1.82. The maximum Gasteiger partial charge on any atom is 0.372 e. The minimum atomic E-state index is -1.55. The van der Waals surface area contributed by atoms with Crippen LogP contribution < -0.4 is 4.74 Å². The van der Waals surface area contributed by atoms with E-state index in [4.69, 9.17) is 33.5 Å². The third-order valence-corrected chi connectivity index (χ3v) is 5.64. The lowest BCUT2D eigenvalue weighted by molar-refractivity contribution is -0.151. The molecule has 0 saturated heterocycles. The van der Waals surface area contributed by atoms with Crippen molar-refractivity contribution in [2.75, 3.05) is 66.1 Å². The minimum Gasteiger partial charge on any atom is -0.491 e. The number of rotatable bonds is 27. The van der Waals surface area contributed by atoms with Crippen LogP contribution in [0.1, 0.15) is 63.9 Å². The smallest absolute Gasteiger partial charge is 0.372 e. The maximum absolute atomic E-state index is 11.4. The SMILES string of the molecule is CCCCCCCCc1ccc(OCCOCCOCCOCCOCCOC(=O)CCC(=O)C(=O)O)cc1. The summed E-state index contributed by atoms with van der Waals surface area (Å²) in [4.78, 5) is 32.6. The molecule has 0 unspecified atom stereocenters. The highest BCUT2D eigenvalue weighted by molar-refractivity contribution is 6.32. The zero-order valence-corrected chi connectivity index (χ0v) is 23.4. The molecule has 0 atom stereocenters. The van der Waals surface area contributed by atoms with Crippen LogP contribution in [0.3, 0.4) is 0 Å². The van der Waals surface area contributed by atoms with E-state index in [0.29, 0.717) is 52.9 Å². The topological polar surface area (TPSA) is 127 Å². The summed E-state index contributed by atoms with van der Waals surface area (Å²) < 4.78 is 32.2. The molecular formula is C29H46O10. The Kier molecular flexibility index (Phi) is 21.7. The standard InChI is InChI=1S/C29H46O10/c1-2-3-4-5-6-7-8-25-9-11-26(12-10-25)38-23-21-36-19-17-34-15-16-35-18-20-37-22-24-39-28(31)14-13-27(30)29(32)33/h9-12H,2-8,13-24H2,1H3,(H,32,33). The van der Waals surface area contributed by atoms with Crippen LogP contribution >= 0.6 is 0 Å². The van der Waals surface area contributed by atoms with Gasteiger partial charge in [-0.3, -0.25) is 9.59 Å². The number of carbonyl (C=O) groups is 3. The fraction of sp³-hybridized carbons (Fsp3) is 0.690. The molecule has 1 rings (SSSR count). The average molecular weight is 555 g/mol. The van der Waals surface area contributed by atoms with Crippen molar-refractivity contribution in [1.29, 1.82) is 0 Å². The summed E-state index contributed by atoms with van der Waals surface area (Å²) in [6, 6.07) is 8.32. The Morgan fingerprint density at radius 1 is 0.641 bits per heavy atom. The summed E-state index contributed by atoms with van der Waals surface area (Å²) in [6.07, 6.45) is 8.34. The molecule has 0 amide bonds. The number of carboxylic acids is 1. The fourth-order valence-electron chi connectivity index (χ4n) is 3.45. The molecule has 1 aromatic rings. The van der Waals surface area contributed by atoms with Gasteiger partial charge in [0.15, 0.2) is 0 Å². The van der Waals surface area contributed by atoms with Gasteiger partial charge >= 0.3 is 11.9 Å². The number of carbonyl (C=O) groups excluding carboxylic acids is 2. The monoisotopic (exact) mass is 554 g/mol. The Morgan fingerprint density at radius 2 is 1.15 bits per heavy atom. The number of carboxylic acid groups (broad SMARTS) is 1. The molecule has 0 saturated carbocycles. The Labute approximate surface area is 232 Å². The van der Waals surface area contributed by atoms with Crippen molar-refractivity contribution >= 4 is 17.7 Å². The number of ether oxygens (including phenoxy) is 6. The van der Waals surface area contributed by atoms with Crippen molar-refractivity contribution in [2.24, 2.45) is 0 Å². The van der Waals surface area contributed by atoms with Gasteiger partial charge in [-0.25, -0.2) is 4.79 Å². The van der Waals surface area contributed by atoms with Crippen LogP contribution in [0.2, 0.25) is 0 Å².